The lowest BCUT2D eigenvalue weighted by molar-refractivity contribution is 0.0586. The largest absolute Gasteiger partial charge is 0.464 e. The highest BCUT2D eigenvalue weighted by molar-refractivity contribution is 5.87. The van der Waals surface area contributed by atoms with E-state index < -0.39 is 0 Å². The van der Waals surface area contributed by atoms with Gasteiger partial charge in [0.05, 0.1) is 19.6 Å². The maximum atomic E-state index is 11.1. The predicted molar refractivity (Wildman–Crippen MR) is 44.0 cm³/mol. The molecule has 4 nitrogen and oxygen atoms in total. The Hall–Kier alpha value is -1.32. The Morgan fingerprint density at radius 1 is 1.67 bits per heavy atom. The van der Waals surface area contributed by atoms with E-state index in [1.807, 2.05) is 13.8 Å². The molecule has 0 aliphatic carbocycles. The number of hydrogen-bond acceptors (Lipinski definition) is 3. The van der Waals surface area contributed by atoms with Crippen molar-refractivity contribution in [2.24, 2.45) is 0 Å². The predicted octanol–water partition coefficient (Wildman–Crippen LogP) is 1.25. The first kappa shape index (κ1) is 8.77. The van der Waals surface area contributed by atoms with Gasteiger partial charge in [-0.2, -0.15) is 0 Å². The van der Waals surface area contributed by atoms with Gasteiger partial charge in [0, 0.05) is 6.04 Å². The molecule has 0 saturated carbocycles. The van der Waals surface area contributed by atoms with Crippen molar-refractivity contribution in [2.45, 2.75) is 19.9 Å². The highest BCUT2D eigenvalue weighted by Crippen LogP contribution is 2.09. The zero-order chi connectivity index (χ0) is 9.14. The van der Waals surface area contributed by atoms with Crippen molar-refractivity contribution < 1.29 is 9.53 Å². The first-order valence-corrected chi connectivity index (χ1v) is 3.77. The summed E-state index contributed by atoms with van der Waals surface area (Å²) in [5.74, 6) is -0.346. The minimum Gasteiger partial charge on any atom is -0.464 e. The number of carbonyl (C=O) groups excluding carboxylic acids is 1. The second-order valence-electron chi connectivity index (χ2n) is 2.77. The minimum atomic E-state index is -0.346. The number of nitrogens with zero attached hydrogens (tertiary/aromatic N) is 2. The molecule has 4 heteroatoms. The maximum absolute atomic E-state index is 11.1. The van der Waals surface area contributed by atoms with Gasteiger partial charge < -0.3 is 9.30 Å². The Kier molecular flexibility index (Phi) is 2.47. The van der Waals surface area contributed by atoms with Gasteiger partial charge in [-0.1, -0.05) is 0 Å². The summed E-state index contributed by atoms with van der Waals surface area (Å²) < 4.78 is 6.36. The van der Waals surface area contributed by atoms with Gasteiger partial charge in [0.25, 0.3) is 0 Å². The highest BCUT2D eigenvalue weighted by atomic mass is 16.5. The normalized spacial score (nSPS) is 10.3. The number of hydrogen-bond donors (Lipinski definition) is 0. The second-order valence-corrected chi connectivity index (χ2v) is 2.77. The van der Waals surface area contributed by atoms with Crippen LogP contribution in [0, 0.1) is 0 Å². The third-order valence-corrected chi connectivity index (χ3v) is 1.62. The Bertz CT molecular complexity index is 278. The summed E-state index contributed by atoms with van der Waals surface area (Å²) in [7, 11) is 1.36. The first-order valence-electron chi connectivity index (χ1n) is 3.77. The van der Waals surface area contributed by atoms with E-state index in [-0.39, 0.29) is 12.0 Å². The van der Waals surface area contributed by atoms with Crippen molar-refractivity contribution in [3.8, 4) is 0 Å². The van der Waals surface area contributed by atoms with Crippen LogP contribution >= 0.6 is 0 Å². The zero-order valence-corrected chi connectivity index (χ0v) is 7.44. The fourth-order valence-electron chi connectivity index (χ4n) is 0.979. The quantitative estimate of drug-likeness (QED) is 0.624. The third-order valence-electron chi connectivity index (χ3n) is 1.62. The van der Waals surface area contributed by atoms with Crippen molar-refractivity contribution in [2.75, 3.05) is 7.11 Å². The molecule has 0 amide bonds. The summed E-state index contributed by atoms with van der Waals surface area (Å²) in [5.41, 5.74) is 0.493. The highest BCUT2D eigenvalue weighted by Gasteiger charge is 2.12. The molecule has 0 bridgehead atoms. The number of methoxy groups -OCH3 is 1. The van der Waals surface area contributed by atoms with Gasteiger partial charge in [0.2, 0.25) is 0 Å². The van der Waals surface area contributed by atoms with Crippen LogP contribution in [0.25, 0.3) is 0 Å². The van der Waals surface area contributed by atoms with Crippen molar-refractivity contribution in [3.63, 3.8) is 0 Å². The number of ether oxygens (including phenoxy) is 1. The van der Waals surface area contributed by atoms with E-state index in [2.05, 4.69) is 9.72 Å². The van der Waals surface area contributed by atoms with Crippen molar-refractivity contribution in [1.29, 1.82) is 0 Å². The molecule has 1 aromatic heterocycles. The lowest BCUT2D eigenvalue weighted by atomic mass is 10.3. The number of imidazole rings is 1. The van der Waals surface area contributed by atoms with Gasteiger partial charge in [0.15, 0.2) is 0 Å². The summed E-state index contributed by atoms with van der Waals surface area (Å²) in [6.07, 6.45) is 3.13. The molecule has 0 fully saturated rings. The number of esters is 1. The summed E-state index contributed by atoms with van der Waals surface area (Å²) in [6, 6.07) is 0.224. The van der Waals surface area contributed by atoms with E-state index in [9.17, 15) is 4.79 Å². The van der Waals surface area contributed by atoms with Gasteiger partial charge in [-0.05, 0) is 13.8 Å². The molecular weight excluding hydrogens is 156 g/mol. The molecule has 1 heterocycles. The van der Waals surface area contributed by atoms with Crippen LogP contribution in [-0.2, 0) is 4.74 Å². The lowest BCUT2D eigenvalue weighted by Gasteiger charge is -2.09. The number of aromatic nitrogens is 2. The lowest BCUT2D eigenvalue weighted by Crippen LogP contribution is -2.11. The van der Waals surface area contributed by atoms with Crippen LogP contribution in [0.4, 0.5) is 0 Å². The fourth-order valence-corrected chi connectivity index (χ4v) is 0.979. The fraction of sp³-hybridized carbons (Fsp3) is 0.500. The molecule has 12 heavy (non-hydrogen) atoms. The average Bonchev–Trinajstić information content (AvgIpc) is 2.50. The van der Waals surface area contributed by atoms with Crippen LogP contribution in [-0.4, -0.2) is 22.6 Å². The van der Waals surface area contributed by atoms with E-state index in [0.29, 0.717) is 5.69 Å². The van der Waals surface area contributed by atoms with Crippen LogP contribution in [0.2, 0.25) is 0 Å². The molecule has 0 N–H and O–H groups in total. The van der Waals surface area contributed by atoms with E-state index >= 15 is 0 Å². The van der Waals surface area contributed by atoms with Crippen molar-refractivity contribution in [3.05, 3.63) is 18.2 Å². The number of carbonyl (C=O) groups is 1. The van der Waals surface area contributed by atoms with Crippen LogP contribution in [0.15, 0.2) is 12.5 Å². The Morgan fingerprint density at radius 3 is 2.83 bits per heavy atom. The molecule has 1 rings (SSSR count). The second kappa shape index (κ2) is 3.38. The maximum Gasteiger partial charge on any atom is 0.356 e. The molecular formula is C8H12N2O2. The van der Waals surface area contributed by atoms with E-state index in [1.54, 1.807) is 10.9 Å². The Morgan fingerprint density at radius 2 is 2.33 bits per heavy atom. The van der Waals surface area contributed by atoms with Crippen molar-refractivity contribution in [1.82, 2.24) is 9.55 Å². The topological polar surface area (TPSA) is 44.1 Å². The molecule has 0 spiro atoms. The van der Waals surface area contributed by atoms with Gasteiger partial charge in [-0.25, -0.2) is 9.78 Å². The Labute approximate surface area is 71.2 Å². The molecule has 0 aliphatic rings. The van der Waals surface area contributed by atoms with E-state index in [0.717, 1.165) is 0 Å². The molecule has 0 aromatic carbocycles. The Balaban J connectivity index is 2.99. The molecule has 0 radical (unpaired) electrons. The minimum absolute atomic E-state index is 0.224. The summed E-state index contributed by atoms with van der Waals surface area (Å²) in [5, 5.41) is 0. The van der Waals surface area contributed by atoms with Gasteiger partial charge in [0.1, 0.15) is 5.69 Å². The summed E-state index contributed by atoms with van der Waals surface area (Å²) >= 11 is 0. The summed E-state index contributed by atoms with van der Waals surface area (Å²) in [4.78, 5) is 15.0. The first-order chi connectivity index (χ1) is 5.66. The monoisotopic (exact) mass is 168 g/mol. The van der Waals surface area contributed by atoms with E-state index in [4.69, 9.17) is 0 Å². The molecule has 66 valence electrons. The molecule has 1 aromatic rings. The van der Waals surface area contributed by atoms with Gasteiger partial charge in [-0.3, -0.25) is 0 Å². The van der Waals surface area contributed by atoms with Crippen molar-refractivity contribution >= 4 is 5.97 Å². The SMILES string of the molecule is COC(=O)c1cncn1C(C)C. The van der Waals surface area contributed by atoms with Crippen LogP contribution in [0.5, 0.6) is 0 Å². The van der Waals surface area contributed by atoms with E-state index in [1.165, 1.54) is 13.3 Å². The van der Waals surface area contributed by atoms with Gasteiger partial charge in [-0.15, -0.1) is 0 Å². The number of rotatable bonds is 2. The van der Waals surface area contributed by atoms with Crippen LogP contribution in [0.1, 0.15) is 30.4 Å². The molecule has 0 atom stereocenters. The molecule has 0 unspecified atom stereocenters. The average molecular weight is 168 g/mol. The smallest absolute Gasteiger partial charge is 0.356 e. The third kappa shape index (κ3) is 1.47. The zero-order valence-electron chi connectivity index (χ0n) is 7.44. The van der Waals surface area contributed by atoms with Crippen LogP contribution in [0.3, 0.4) is 0 Å². The summed E-state index contributed by atoms with van der Waals surface area (Å²) in [6.45, 7) is 3.96. The molecule has 0 aliphatic heterocycles. The standard InChI is InChI=1S/C8H12N2O2/c1-6(2)10-5-9-4-7(10)8(11)12-3/h4-6H,1-3H3. The van der Waals surface area contributed by atoms with Gasteiger partial charge >= 0.3 is 5.97 Å². The molecule has 0 saturated heterocycles. The van der Waals surface area contributed by atoms with Crippen LogP contribution < -0.4 is 0 Å².